The van der Waals surface area contributed by atoms with Gasteiger partial charge >= 0.3 is 0 Å². The van der Waals surface area contributed by atoms with Crippen LogP contribution < -0.4 is 0 Å². The van der Waals surface area contributed by atoms with Crippen LogP contribution in [0.2, 0.25) is 0 Å². The Bertz CT molecular complexity index is 1660. The first kappa shape index (κ1) is 36.4. The van der Waals surface area contributed by atoms with Gasteiger partial charge in [0.25, 0.3) is 0 Å². The van der Waals surface area contributed by atoms with Gasteiger partial charge in [0.2, 0.25) is 0 Å². The molecule has 5 rings (SSSR count). The smallest absolute Gasteiger partial charge is 0.159 e. The van der Waals surface area contributed by atoms with E-state index < -0.39 is 0 Å². The van der Waals surface area contributed by atoms with Crippen LogP contribution in [-0.2, 0) is 37.7 Å². The Morgan fingerprint density at radius 1 is 0.844 bits per heavy atom. The Balaban J connectivity index is 0.000000338. The molecule has 1 heterocycles. The first-order valence-electron chi connectivity index (χ1n) is 16.2. The molecule has 0 aliphatic heterocycles. The van der Waals surface area contributed by atoms with Crippen molar-refractivity contribution in [3.8, 4) is 33.5 Å². The molecular weight excluding hydrogens is 731 g/mol. The molecule has 1 aliphatic rings. The number of aromatic nitrogens is 1. The molecule has 1 N–H and O–H groups in total. The summed E-state index contributed by atoms with van der Waals surface area (Å²) >= 11 is 0. The number of rotatable bonds is 8. The van der Waals surface area contributed by atoms with Gasteiger partial charge in [-0.3, -0.25) is 4.79 Å². The number of carbonyl (C=O) groups excluding carboxylic acids is 1. The predicted octanol–water partition coefficient (Wildman–Crippen LogP) is 11.2. The number of aliphatic hydroxyl groups is 1. The normalized spacial score (nSPS) is 12.3. The van der Waals surface area contributed by atoms with Crippen LogP contribution in [0.4, 0.5) is 0 Å². The van der Waals surface area contributed by atoms with Gasteiger partial charge in [0.1, 0.15) is 0 Å². The average Bonchev–Trinajstić information content (AvgIpc) is 3.01. The maximum absolute atomic E-state index is 11.2. The molecule has 0 saturated carbocycles. The summed E-state index contributed by atoms with van der Waals surface area (Å²) in [5.74, 6) is 1.60. The fourth-order valence-corrected chi connectivity index (χ4v) is 6.11. The van der Waals surface area contributed by atoms with E-state index in [0.29, 0.717) is 30.6 Å². The van der Waals surface area contributed by atoms with Crippen LogP contribution >= 0.6 is 0 Å². The zero-order valence-electron chi connectivity index (χ0n) is 28.5. The van der Waals surface area contributed by atoms with Crippen LogP contribution in [0.15, 0.2) is 72.6 Å². The molecule has 0 unspecified atom stereocenters. The number of carbonyl (C=O) groups is 1. The molecule has 0 spiro atoms. The van der Waals surface area contributed by atoms with Gasteiger partial charge in [-0.25, -0.2) is 0 Å². The van der Waals surface area contributed by atoms with Crippen LogP contribution in [-0.4, -0.2) is 15.9 Å². The Morgan fingerprint density at radius 3 is 2.07 bits per heavy atom. The minimum atomic E-state index is 0. The summed E-state index contributed by atoms with van der Waals surface area (Å²) in [5.41, 5.74) is 10.3. The summed E-state index contributed by atoms with van der Waals surface area (Å²) in [4.78, 5) is 16.1. The van der Waals surface area contributed by atoms with Gasteiger partial charge in [-0.1, -0.05) is 122 Å². The van der Waals surface area contributed by atoms with E-state index in [1.807, 2.05) is 33.9 Å². The number of ketones is 1. The molecule has 4 heteroatoms. The number of hydrogen-bond donors (Lipinski definition) is 1. The molecule has 1 aromatic heterocycles. The fraction of sp³-hybridized carbons (Fsp3) is 0.415. The van der Waals surface area contributed by atoms with Gasteiger partial charge in [0.05, 0.1) is 5.76 Å². The third-order valence-corrected chi connectivity index (χ3v) is 7.60. The summed E-state index contributed by atoms with van der Waals surface area (Å²) in [5, 5.41) is 11.9. The molecule has 0 bridgehead atoms. The second kappa shape index (κ2) is 15.5. The quantitative estimate of drug-likeness (QED) is 0.0969. The van der Waals surface area contributed by atoms with E-state index in [4.69, 9.17) is 4.98 Å². The van der Waals surface area contributed by atoms with Crippen LogP contribution in [0.25, 0.3) is 44.3 Å². The number of allylic oxidation sites excluding steroid dienone is 2. The molecule has 4 aromatic rings. The Labute approximate surface area is 284 Å². The molecule has 241 valence electrons. The predicted molar refractivity (Wildman–Crippen MR) is 187 cm³/mol. The number of pyridine rings is 1. The first-order valence-corrected chi connectivity index (χ1v) is 16.2. The molecule has 0 saturated heterocycles. The van der Waals surface area contributed by atoms with Crippen molar-refractivity contribution in [1.29, 1.82) is 0 Å². The Kier molecular flexibility index (Phi) is 12.5. The van der Waals surface area contributed by atoms with E-state index in [9.17, 15) is 9.90 Å². The summed E-state index contributed by atoms with van der Waals surface area (Å²) in [6.07, 6.45) is 6.53. The van der Waals surface area contributed by atoms with Crippen molar-refractivity contribution >= 4 is 16.6 Å². The van der Waals surface area contributed by atoms with E-state index in [2.05, 4.69) is 95.3 Å². The van der Waals surface area contributed by atoms with Gasteiger partial charge in [0.15, 0.2) is 5.78 Å². The fourth-order valence-electron chi connectivity index (χ4n) is 6.11. The summed E-state index contributed by atoms with van der Waals surface area (Å²) in [7, 11) is 0. The first-order chi connectivity index (χ1) is 20.7. The summed E-state index contributed by atoms with van der Waals surface area (Å²) in [6, 6.07) is 23.9. The molecule has 3 nitrogen and oxygen atoms in total. The minimum absolute atomic E-state index is 0. The topological polar surface area (TPSA) is 50.2 Å². The van der Waals surface area contributed by atoms with E-state index in [1.165, 1.54) is 50.2 Å². The maximum Gasteiger partial charge on any atom is 0.159 e. The molecule has 3 aromatic carbocycles. The van der Waals surface area contributed by atoms with Gasteiger partial charge in [-0.15, -0.1) is 29.3 Å². The molecule has 0 amide bonds. The zero-order valence-corrected chi connectivity index (χ0v) is 30.9. The van der Waals surface area contributed by atoms with Crippen molar-refractivity contribution in [3.05, 3.63) is 89.8 Å². The molecule has 0 atom stereocenters. The Hall–Kier alpha value is -3.07. The summed E-state index contributed by atoms with van der Waals surface area (Å²) in [6.45, 7) is 19.5. The van der Waals surface area contributed by atoms with Crippen LogP contribution in [0.5, 0.6) is 0 Å². The number of hydrogen-bond acceptors (Lipinski definition) is 3. The molecule has 1 aliphatic carbocycles. The molecule has 1 radical (unpaired) electrons. The van der Waals surface area contributed by atoms with Crippen molar-refractivity contribution in [3.63, 3.8) is 0 Å². The number of nitrogens with zero attached hydrogens (tertiary/aromatic N) is 1. The standard InChI is InChI=1S/C30H30N.C11H20O2.Ir/c1-19(2)14-20-10-11-25-26(16-20)23-8-6-7-9-24(23)27-17-21(18-30(3,4)5)15-22-12-13-31-29(25)28(22)27;1-8(2)5-10(12)7-11(13)6-9(3)4;/h6-10,12-13,15-17,19H,14,18H2,1-5H3;7-9,12H,5-6H2,1-4H3;/q-1;;/b;10-7-;. The number of aliphatic hydroxyl groups excluding tert-OH is 1. The van der Waals surface area contributed by atoms with Gasteiger partial charge < -0.3 is 10.1 Å². The maximum atomic E-state index is 11.2. The average molecular weight is 781 g/mol. The SMILES string of the molecule is CC(C)CC(=O)/C=C(\O)CC(C)C.CC(C)Cc1c[c-]c2c(c1)-c1ccccc1-c1cc(CC(C)(C)C)cc3ccnc-2c13.[Ir]. The monoisotopic (exact) mass is 781 g/mol. The third kappa shape index (κ3) is 9.71. The second-order valence-corrected chi connectivity index (χ2v) is 14.9. The van der Waals surface area contributed by atoms with Gasteiger partial charge in [0, 0.05) is 45.2 Å². The number of fused-ring (bicyclic) bond motifs is 5. The zero-order chi connectivity index (χ0) is 32.2. The van der Waals surface area contributed by atoms with E-state index in [0.717, 1.165) is 24.1 Å². The van der Waals surface area contributed by atoms with Crippen molar-refractivity contribution < 1.29 is 30.0 Å². The van der Waals surface area contributed by atoms with E-state index in [-0.39, 0.29) is 37.1 Å². The largest absolute Gasteiger partial charge is 0.512 e. The van der Waals surface area contributed by atoms with Gasteiger partial charge in [-0.2, -0.15) is 0 Å². The van der Waals surface area contributed by atoms with Crippen LogP contribution in [0.3, 0.4) is 0 Å². The van der Waals surface area contributed by atoms with E-state index >= 15 is 0 Å². The number of benzene rings is 3. The van der Waals surface area contributed by atoms with E-state index in [1.54, 1.807) is 0 Å². The second-order valence-electron chi connectivity index (χ2n) is 14.9. The van der Waals surface area contributed by atoms with Crippen molar-refractivity contribution in [2.75, 3.05) is 0 Å². The Morgan fingerprint density at radius 2 is 1.47 bits per heavy atom. The minimum Gasteiger partial charge on any atom is -0.512 e. The van der Waals surface area contributed by atoms with Gasteiger partial charge in [-0.05, 0) is 62.9 Å². The van der Waals surface area contributed by atoms with Crippen LogP contribution in [0, 0.1) is 29.2 Å². The van der Waals surface area contributed by atoms with Crippen molar-refractivity contribution in [1.82, 2.24) is 4.98 Å². The molecule has 45 heavy (non-hydrogen) atoms. The molecular formula is C41H50IrNO2-. The van der Waals surface area contributed by atoms with Crippen molar-refractivity contribution in [2.45, 2.75) is 88.0 Å². The van der Waals surface area contributed by atoms with Crippen molar-refractivity contribution in [2.24, 2.45) is 23.2 Å². The summed E-state index contributed by atoms with van der Waals surface area (Å²) < 4.78 is 0. The van der Waals surface area contributed by atoms with Crippen LogP contribution in [0.1, 0.15) is 86.3 Å². The third-order valence-electron chi connectivity index (χ3n) is 7.60. The molecule has 0 fully saturated rings.